The number of pyridine rings is 1. The number of Topliss-reactive ketones (excluding diaryl/α,β-unsaturated/α-hetero) is 2. The summed E-state index contributed by atoms with van der Waals surface area (Å²) in [6.45, 7) is 0. The van der Waals surface area contributed by atoms with Crippen LogP contribution in [-0.4, -0.2) is 21.7 Å². The number of phenolic OH excluding ortho intramolecular Hbond substituents is 1. The van der Waals surface area contributed by atoms with Gasteiger partial charge in [0.25, 0.3) is 0 Å². The molecule has 0 bridgehead atoms. The van der Waals surface area contributed by atoms with Crippen molar-refractivity contribution in [1.29, 1.82) is 0 Å². The second-order valence-corrected chi connectivity index (χ2v) is 5.33. The fourth-order valence-corrected chi connectivity index (χ4v) is 2.29. The van der Waals surface area contributed by atoms with Crippen LogP contribution in [0.5, 0.6) is 17.2 Å². The lowest BCUT2D eigenvalue weighted by molar-refractivity contribution is 0.0890. The Bertz CT molecular complexity index is 892. The highest BCUT2D eigenvalue weighted by atomic mass is 16.5. The summed E-state index contributed by atoms with van der Waals surface area (Å²) < 4.78 is 5.60. The minimum atomic E-state index is -0.473. The van der Waals surface area contributed by atoms with Crippen LogP contribution in [0.25, 0.3) is 0 Å². The summed E-state index contributed by atoms with van der Waals surface area (Å²) in [7, 11) is 0. The average Bonchev–Trinajstić information content (AvgIpc) is 2.63. The molecule has 2 aromatic carbocycles. The van der Waals surface area contributed by atoms with E-state index in [2.05, 4.69) is 4.98 Å². The van der Waals surface area contributed by atoms with Gasteiger partial charge in [-0.3, -0.25) is 14.6 Å². The quantitative estimate of drug-likeness (QED) is 0.544. The van der Waals surface area contributed by atoms with Crippen LogP contribution in [0.4, 0.5) is 0 Å². The van der Waals surface area contributed by atoms with E-state index in [4.69, 9.17) is 4.74 Å². The lowest BCUT2D eigenvalue weighted by atomic mass is 10.0. The van der Waals surface area contributed by atoms with E-state index < -0.39 is 11.6 Å². The highest BCUT2D eigenvalue weighted by Crippen LogP contribution is 2.28. The topological polar surface area (TPSA) is 76.5 Å². The van der Waals surface area contributed by atoms with Crippen LogP contribution < -0.4 is 4.74 Å². The molecule has 25 heavy (non-hydrogen) atoms. The second-order valence-electron chi connectivity index (χ2n) is 5.33. The van der Waals surface area contributed by atoms with Crippen molar-refractivity contribution in [2.45, 2.75) is 6.42 Å². The maximum Gasteiger partial charge on any atom is 0.188 e. The van der Waals surface area contributed by atoms with Crippen molar-refractivity contribution in [2.24, 2.45) is 0 Å². The van der Waals surface area contributed by atoms with Gasteiger partial charge in [-0.05, 0) is 36.4 Å². The van der Waals surface area contributed by atoms with Gasteiger partial charge in [0.15, 0.2) is 11.6 Å². The van der Waals surface area contributed by atoms with Crippen LogP contribution >= 0.6 is 0 Å². The summed E-state index contributed by atoms with van der Waals surface area (Å²) in [5.74, 6) is -0.0797. The molecule has 0 spiro atoms. The van der Waals surface area contributed by atoms with Crippen molar-refractivity contribution >= 4 is 11.6 Å². The molecule has 3 aromatic rings. The number of hydrogen-bond acceptors (Lipinski definition) is 5. The minimum Gasteiger partial charge on any atom is -0.507 e. The Balaban J connectivity index is 1.72. The fraction of sp³-hybridized carbons (Fsp3) is 0.0500. The molecule has 0 fully saturated rings. The lowest BCUT2D eigenvalue weighted by Gasteiger charge is -2.08. The molecule has 5 heteroatoms. The molecule has 0 saturated carbocycles. The molecule has 0 radical (unpaired) electrons. The van der Waals surface area contributed by atoms with Gasteiger partial charge < -0.3 is 9.84 Å². The molecular weight excluding hydrogens is 318 g/mol. The number of phenols is 1. The van der Waals surface area contributed by atoms with Gasteiger partial charge in [-0.2, -0.15) is 0 Å². The summed E-state index contributed by atoms with van der Waals surface area (Å²) in [6.07, 6.45) is 1.13. The van der Waals surface area contributed by atoms with E-state index in [-0.39, 0.29) is 23.4 Å². The number of carbonyl (C=O) groups is 2. The SMILES string of the molecule is O=C(CC(=O)c1ccc(Oc2ccccc2)cc1O)c1ccccn1. The van der Waals surface area contributed by atoms with Crippen molar-refractivity contribution in [2.75, 3.05) is 0 Å². The number of ketones is 2. The summed E-state index contributed by atoms with van der Waals surface area (Å²) in [5.41, 5.74) is 0.295. The molecule has 5 nitrogen and oxygen atoms in total. The molecular formula is C20H15NO4. The number of aromatic nitrogens is 1. The molecule has 0 unspecified atom stereocenters. The van der Waals surface area contributed by atoms with Crippen molar-refractivity contribution in [1.82, 2.24) is 4.98 Å². The number of para-hydroxylation sites is 1. The first kappa shape index (κ1) is 16.4. The zero-order valence-electron chi connectivity index (χ0n) is 13.3. The largest absolute Gasteiger partial charge is 0.507 e. The maximum absolute atomic E-state index is 12.3. The number of carbonyl (C=O) groups excluding carboxylic acids is 2. The van der Waals surface area contributed by atoms with Crippen LogP contribution in [0.2, 0.25) is 0 Å². The number of nitrogens with zero attached hydrogens (tertiary/aromatic N) is 1. The number of hydrogen-bond donors (Lipinski definition) is 1. The van der Waals surface area contributed by atoms with E-state index in [0.29, 0.717) is 11.5 Å². The molecule has 1 heterocycles. The highest BCUT2D eigenvalue weighted by molar-refractivity contribution is 6.13. The third kappa shape index (κ3) is 4.09. The van der Waals surface area contributed by atoms with Crippen LogP contribution in [0, 0.1) is 0 Å². The van der Waals surface area contributed by atoms with Crippen LogP contribution in [0.3, 0.4) is 0 Å². The second kappa shape index (κ2) is 7.40. The van der Waals surface area contributed by atoms with E-state index in [1.54, 1.807) is 36.4 Å². The standard InChI is InChI=1S/C20H15NO4/c22-18-12-15(25-14-6-2-1-3-7-14)9-10-16(18)19(23)13-20(24)17-8-4-5-11-21-17/h1-12,22H,13H2. The molecule has 0 atom stereocenters. The third-order valence-electron chi connectivity index (χ3n) is 3.52. The predicted molar refractivity (Wildman–Crippen MR) is 92.1 cm³/mol. The molecule has 3 rings (SSSR count). The van der Waals surface area contributed by atoms with Crippen molar-refractivity contribution < 1.29 is 19.4 Å². The van der Waals surface area contributed by atoms with Gasteiger partial charge in [-0.1, -0.05) is 24.3 Å². The highest BCUT2D eigenvalue weighted by Gasteiger charge is 2.18. The van der Waals surface area contributed by atoms with Gasteiger partial charge >= 0.3 is 0 Å². The number of rotatable bonds is 6. The first-order valence-corrected chi connectivity index (χ1v) is 7.67. The number of benzene rings is 2. The van der Waals surface area contributed by atoms with E-state index in [1.165, 1.54) is 18.3 Å². The fourth-order valence-electron chi connectivity index (χ4n) is 2.29. The smallest absolute Gasteiger partial charge is 0.188 e. The van der Waals surface area contributed by atoms with Crippen LogP contribution in [0.1, 0.15) is 27.3 Å². The van der Waals surface area contributed by atoms with E-state index in [1.807, 2.05) is 18.2 Å². The van der Waals surface area contributed by atoms with Gasteiger partial charge in [0.2, 0.25) is 0 Å². The first-order valence-electron chi connectivity index (χ1n) is 7.67. The van der Waals surface area contributed by atoms with Gasteiger partial charge in [0.1, 0.15) is 22.9 Å². The minimum absolute atomic E-state index is 0.0738. The van der Waals surface area contributed by atoms with Crippen molar-refractivity contribution in [3.8, 4) is 17.2 Å². The van der Waals surface area contributed by atoms with Crippen molar-refractivity contribution in [3.63, 3.8) is 0 Å². The molecule has 0 aliphatic carbocycles. The predicted octanol–water partition coefficient (Wildman–Crippen LogP) is 4.04. The summed E-state index contributed by atoms with van der Waals surface area (Å²) in [4.78, 5) is 28.3. The molecule has 1 aromatic heterocycles. The van der Waals surface area contributed by atoms with Gasteiger partial charge in [0, 0.05) is 12.3 Å². The summed E-state index contributed by atoms with van der Waals surface area (Å²) in [5, 5.41) is 10.1. The molecule has 124 valence electrons. The Hall–Kier alpha value is -3.47. The zero-order valence-corrected chi connectivity index (χ0v) is 13.3. The Labute approximate surface area is 144 Å². The Morgan fingerprint density at radius 2 is 1.64 bits per heavy atom. The van der Waals surface area contributed by atoms with Crippen molar-refractivity contribution in [3.05, 3.63) is 84.2 Å². The molecule has 0 aliphatic heterocycles. The Morgan fingerprint density at radius 1 is 0.880 bits per heavy atom. The lowest BCUT2D eigenvalue weighted by Crippen LogP contribution is -2.10. The molecule has 0 saturated heterocycles. The van der Waals surface area contributed by atoms with E-state index in [0.717, 1.165) is 0 Å². The molecule has 0 amide bonds. The van der Waals surface area contributed by atoms with Gasteiger partial charge in [-0.15, -0.1) is 0 Å². The number of aromatic hydroxyl groups is 1. The Kier molecular flexibility index (Phi) is 4.85. The first-order chi connectivity index (χ1) is 12.1. The van der Waals surface area contributed by atoms with Gasteiger partial charge in [0.05, 0.1) is 12.0 Å². The van der Waals surface area contributed by atoms with E-state index >= 15 is 0 Å². The summed E-state index contributed by atoms with van der Waals surface area (Å²) >= 11 is 0. The molecule has 1 N–H and O–H groups in total. The zero-order chi connectivity index (χ0) is 17.6. The van der Waals surface area contributed by atoms with Crippen LogP contribution in [0.15, 0.2) is 72.9 Å². The monoisotopic (exact) mass is 333 g/mol. The average molecular weight is 333 g/mol. The Morgan fingerprint density at radius 3 is 2.32 bits per heavy atom. The number of ether oxygens (including phenoxy) is 1. The third-order valence-corrected chi connectivity index (χ3v) is 3.52. The summed E-state index contributed by atoms with van der Waals surface area (Å²) in [6, 6.07) is 18.4. The van der Waals surface area contributed by atoms with Gasteiger partial charge in [-0.25, -0.2) is 0 Å². The van der Waals surface area contributed by atoms with Crippen LogP contribution in [-0.2, 0) is 0 Å². The normalized spacial score (nSPS) is 10.2. The van der Waals surface area contributed by atoms with E-state index in [9.17, 15) is 14.7 Å². The maximum atomic E-state index is 12.3. The molecule has 0 aliphatic rings.